The molecule has 0 heterocycles. The van der Waals surface area contributed by atoms with E-state index in [-0.39, 0.29) is 38.6 Å². The van der Waals surface area contributed by atoms with E-state index in [2.05, 4.69) is 26.1 Å². The van der Waals surface area contributed by atoms with Crippen LogP contribution in [0.4, 0.5) is 0 Å². The molecular formula is C11H25N2OY-. The topological polar surface area (TPSA) is 52.9 Å². The summed E-state index contributed by atoms with van der Waals surface area (Å²) < 4.78 is 0. The Labute approximate surface area is 120 Å². The van der Waals surface area contributed by atoms with E-state index in [1.165, 1.54) is 7.05 Å². The largest absolute Gasteiger partial charge is 0.680 e. The van der Waals surface area contributed by atoms with Crippen LogP contribution < -0.4 is 5.32 Å². The SMILES string of the molecule is CCCCNC(=O)CCC(C)C.C[NH-].[Y]. The normalized spacial score (nSPS) is 8.67. The molecule has 0 bridgehead atoms. The van der Waals surface area contributed by atoms with Crippen LogP contribution in [0.5, 0.6) is 0 Å². The Morgan fingerprint density at radius 2 is 1.87 bits per heavy atom. The molecule has 0 aromatic rings. The Hall–Kier alpha value is 0.534. The standard InChI is InChI=1S/C10H21NO.CH4N.Y/c1-4-5-8-11-10(12)7-6-9(2)3;1-2;/h9H,4-8H2,1-3H3,(H,11,12);2H,1H3;/q;-1;. The summed E-state index contributed by atoms with van der Waals surface area (Å²) in [4.78, 5) is 11.1. The quantitative estimate of drug-likeness (QED) is 0.751. The molecule has 0 rings (SSSR count). The molecule has 0 unspecified atom stereocenters. The van der Waals surface area contributed by atoms with E-state index in [1.54, 1.807) is 0 Å². The summed E-state index contributed by atoms with van der Waals surface area (Å²) >= 11 is 0. The Balaban J connectivity index is -0.000000449. The van der Waals surface area contributed by atoms with Crippen molar-refractivity contribution in [2.75, 3.05) is 13.6 Å². The van der Waals surface area contributed by atoms with Gasteiger partial charge in [0.2, 0.25) is 5.91 Å². The van der Waals surface area contributed by atoms with Crippen LogP contribution in [0.2, 0.25) is 0 Å². The number of rotatable bonds is 6. The molecule has 0 atom stereocenters. The molecule has 3 nitrogen and oxygen atoms in total. The maximum Gasteiger partial charge on any atom is 0.220 e. The first-order chi connectivity index (χ1) is 6.66. The van der Waals surface area contributed by atoms with Gasteiger partial charge < -0.3 is 11.1 Å². The van der Waals surface area contributed by atoms with Gasteiger partial charge in [-0.3, -0.25) is 4.79 Å². The smallest absolute Gasteiger partial charge is 0.220 e. The molecule has 1 amide bonds. The summed E-state index contributed by atoms with van der Waals surface area (Å²) in [5, 5.41) is 2.90. The number of amides is 1. The van der Waals surface area contributed by atoms with E-state index in [1.807, 2.05) is 0 Å². The third-order valence-electron chi connectivity index (χ3n) is 1.80. The second-order valence-corrected chi connectivity index (χ2v) is 3.64. The van der Waals surface area contributed by atoms with Crippen LogP contribution in [-0.4, -0.2) is 19.5 Å². The first-order valence-corrected chi connectivity index (χ1v) is 5.43. The minimum Gasteiger partial charge on any atom is -0.680 e. The summed E-state index contributed by atoms with van der Waals surface area (Å²) in [6, 6.07) is 0. The number of carbonyl (C=O) groups is 1. The van der Waals surface area contributed by atoms with Crippen LogP contribution in [0.1, 0.15) is 46.5 Å². The van der Waals surface area contributed by atoms with E-state index in [9.17, 15) is 4.79 Å². The molecule has 2 N–H and O–H groups in total. The Kier molecular flexibility index (Phi) is 23.6. The summed E-state index contributed by atoms with van der Waals surface area (Å²) in [5.41, 5.74) is 5.75. The molecule has 0 aromatic heterocycles. The summed E-state index contributed by atoms with van der Waals surface area (Å²) in [6.07, 6.45) is 3.91. The van der Waals surface area contributed by atoms with Crippen molar-refractivity contribution in [3.63, 3.8) is 0 Å². The van der Waals surface area contributed by atoms with Crippen LogP contribution in [-0.2, 0) is 37.5 Å². The van der Waals surface area contributed by atoms with Crippen molar-refractivity contribution in [2.24, 2.45) is 5.92 Å². The minimum atomic E-state index is 0. The van der Waals surface area contributed by atoms with Crippen LogP contribution in [0.25, 0.3) is 5.73 Å². The van der Waals surface area contributed by atoms with Gasteiger partial charge in [0.25, 0.3) is 0 Å². The van der Waals surface area contributed by atoms with Gasteiger partial charge in [-0.15, -0.1) is 0 Å². The molecule has 1 radical (unpaired) electrons. The number of hydrogen-bond acceptors (Lipinski definition) is 1. The van der Waals surface area contributed by atoms with E-state index in [4.69, 9.17) is 5.73 Å². The maximum atomic E-state index is 11.1. The molecule has 0 fully saturated rings. The van der Waals surface area contributed by atoms with Crippen molar-refractivity contribution >= 4 is 5.91 Å². The fourth-order valence-corrected chi connectivity index (χ4v) is 0.913. The average molecular weight is 290 g/mol. The zero-order valence-electron chi connectivity index (χ0n) is 10.6. The molecule has 0 saturated heterocycles. The first-order valence-electron chi connectivity index (χ1n) is 5.43. The maximum absolute atomic E-state index is 11.1. The number of hydrogen-bond donors (Lipinski definition) is 1. The summed E-state index contributed by atoms with van der Waals surface area (Å²) in [5.74, 6) is 0.832. The predicted molar refractivity (Wildman–Crippen MR) is 62.2 cm³/mol. The molecule has 15 heavy (non-hydrogen) atoms. The van der Waals surface area contributed by atoms with Crippen molar-refractivity contribution in [3.05, 3.63) is 5.73 Å². The van der Waals surface area contributed by atoms with Crippen LogP contribution in [0.15, 0.2) is 0 Å². The van der Waals surface area contributed by atoms with Gasteiger partial charge in [-0.05, 0) is 18.8 Å². The molecule has 89 valence electrons. The Bertz CT molecular complexity index is 130. The number of nitrogens with one attached hydrogen (secondary N) is 2. The fourth-order valence-electron chi connectivity index (χ4n) is 0.913. The minimum absolute atomic E-state index is 0. The van der Waals surface area contributed by atoms with Crippen molar-refractivity contribution in [1.82, 2.24) is 5.32 Å². The van der Waals surface area contributed by atoms with E-state index < -0.39 is 0 Å². The molecule has 0 aliphatic heterocycles. The van der Waals surface area contributed by atoms with E-state index in [0.29, 0.717) is 12.3 Å². The van der Waals surface area contributed by atoms with Gasteiger partial charge in [0.05, 0.1) is 0 Å². The van der Waals surface area contributed by atoms with Crippen LogP contribution >= 0.6 is 0 Å². The molecule has 0 aliphatic rings. The first kappa shape index (κ1) is 20.9. The van der Waals surface area contributed by atoms with Crippen molar-refractivity contribution < 1.29 is 37.5 Å². The average Bonchev–Trinajstić information content (AvgIpc) is 2.18. The van der Waals surface area contributed by atoms with E-state index >= 15 is 0 Å². The van der Waals surface area contributed by atoms with Gasteiger partial charge in [0.15, 0.2) is 0 Å². The Morgan fingerprint density at radius 1 is 1.33 bits per heavy atom. The van der Waals surface area contributed by atoms with Crippen LogP contribution in [0, 0.1) is 5.92 Å². The van der Waals surface area contributed by atoms with Crippen molar-refractivity contribution in [1.29, 1.82) is 0 Å². The molecule has 0 saturated carbocycles. The molecule has 0 aromatic carbocycles. The third kappa shape index (κ3) is 20.6. The van der Waals surface area contributed by atoms with Gasteiger partial charge in [0, 0.05) is 45.7 Å². The predicted octanol–water partition coefficient (Wildman–Crippen LogP) is 3.00. The number of carbonyl (C=O) groups excluding carboxylic acids is 1. The third-order valence-corrected chi connectivity index (χ3v) is 1.80. The number of unbranched alkanes of at least 4 members (excludes halogenated alkanes) is 1. The zero-order valence-corrected chi connectivity index (χ0v) is 13.4. The van der Waals surface area contributed by atoms with Gasteiger partial charge in [-0.2, -0.15) is 7.05 Å². The zero-order chi connectivity index (χ0) is 11.4. The van der Waals surface area contributed by atoms with Crippen molar-refractivity contribution in [2.45, 2.75) is 46.5 Å². The van der Waals surface area contributed by atoms with E-state index in [0.717, 1.165) is 25.8 Å². The van der Waals surface area contributed by atoms with Gasteiger partial charge >= 0.3 is 0 Å². The summed E-state index contributed by atoms with van der Waals surface area (Å²) in [6.45, 7) is 7.24. The fraction of sp³-hybridized carbons (Fsp3) is 0.909. The van der Waals surface area contributed by atoms with Gasteiger partial charge in [-0.1, -0.05) is 27.2 Å². The molecular weight excluding hydrogens is 265 g/mol. The van der Waals surface area contributed by atoms with Crippen LogP contribution in [0.3, 0.4) is 0 Å². The molecule has 0 aliphatic carbocycles. The second kappa shape index (κ2) is 16.9. The van der Waals surface area contributed by atoms with Crippen molar-refractivity contribution in [3.8, 4) is 0 Å². The summed E-state index contributed by atoms with van der Waals surface area (Å²) in [7, 11) is 1.25. The second-order valence-electron chi connectivity index (χ2n) is 3.64. The van der Waals surface area contributed by atoms with Gasteiger partial charge in [0.1, 0.15) is 0 Å². The molecule has 4 heteroatoms. The molecule has 0 spiro atoms. The van der Waals surface area contributed by atoms with Gasteiger partial charge in [-0.25, -0.2) is 0 Å². The monoisotopic (exact) mass is 290 g/mol. The Morgan fingerprint density at radius 3 is 2.27 bits per heavy atom.